The summed E-state index contributed by atoms with van der Waals surface area (Å²) in [5.41, 5.74) is 0.295. The van der Waals surface area contributed by atoms with E-state index in [1.54, 1.807) is 20.8 Å². The summed E-state index contributed by atoms with van der Waals surface area (Å²) in [5.74, 6) is -0.699. The lowest BCUT2D eigenvalue weighted by Gasteiger charge is -2.27. The van der Waals surface area contributed by atoms with Crippen molar-refractivity contribution in [3.63, 3.8) is 0 Å². The third-order valence-corrected chi connectivity index (χ3v) is 5.49. The molecule has 1 aliphatic heterocycles. The van der Waals surface area contributed by atoms with E-state index in [0.29, 0.717) is 24.4 Å². The van der Waals surface area contributed by atoms with Crippen LogP contribution < -0.4 is 0 Å². The predicted molar refractivity (Wildman–Crippen MR) is 132 cm³/mol. The van der Waals surface area contributed by atoms with Crippen LogP contribution in [-0.4, -0.2) is 30.9 Å². The highest BCUT2D eigenvalue weighted by atomic mass is 16.8. The minimum absolute atomic E-state index is 0.0518. The number of ether oxygens (including phenoxy) is 4. The molecule has 0 bridgehead atoms. The van der Waals surface area contributed by atoms with Crippen LogP contribution in [0.2, 0.25) is 0 Å². The second-order valence-corrected chi connectivity index (χ2v) is 11.1. The van der Waals surface area contributed by atoms with Gasteiger partial charge in [-0.15, -0.1) is 0 Å². The molecule has 34 heavy (non-hydrogen) atoms. The third kappa shape index (κ3) is 9.13. The summed E-state index contributed by atoms with van der Waals surface area (Å²) in [7, 11) is 0. The van der Waals surface area contributed by atoms with Crippen molar-refractivity contribution in [3.8, 4) is 0 Å². The molecule has 0 amide bonds. The first-order valence-electron chi connectivity index (χ1n) is 12.3. The Balaban J connectivity index is 2.12. The van der Waals surface area contributed by atoms with Gasteiger partial charge in [-0.25, -0.2) is 4.79 Å². The van der Waals surface area contributed by atoms with Crippen molar-refractivity contribution < 1.29 is 28.5 Å². The number of benzene rings is 1. The number of carbonyl (C=O) groups is 2. The van der Waals surface area contributed by atoms with Crippen LogP contribution >= 0.6 is 0 Å². The zero-order chi connectivity index (χ0) is 25.4. The molecule has 2 rings (SSSR count). The monoisotopic (exact) mass is 474 g/mol. The van der Waals surface area contributed by atoms with Crippen LogP contribution in [0.25, 0.3) is 0 Å². The Bertz CT molecular complexity index is 811. The molecule has 1 aromatic carbocycles. The summed E-state index contributed by atoms with van der Waals surface area (Å²) in [6.07, 6.45) is 4.70. The van der Waals surface area contributed by atoms with Gasteiger partial charge in [0.1, 0.15) is 6.61 Å². The summed E-state index contributed by atoms with van der Waals surface area (Å²) in [5, 5.41) is 0. The minimum Gasteiger partial charge on any atom is -0.457 e. The van der Waals surface area contributed by atoms with Crippen LogP contribution in [-0.2, 0) is 35.1 Å². The maximum atomic E-state index is 12.7. The molecule has 0 spiro atoms. The van der Waals surface area contributed by atoms with E-state index in [4.69, 9.17) is 18.9 Å². The van der Waals surface area contributed by atoms with Gasteiger partial charge < -0.3 is 18.9 Å². The number of hydrogen-bond acceptors (Lipinski definition) is 6. The minimum atomic E-state index is -1.50. The van der Waals surface area contributed by atoms with Crippen LogP contribution in [0.4, 0.5) is 0 Å². The smallest absolute Gasteiger partial charge is 0.376 e. The van der Waals surface area contributed by atoms with E-state index in [9.17, 15) is 9.59 Å². The number of rotatable bonds is 12. The van der Waals surface area contributed by atoms with Crippen LogP contribution in [0.15, 0.2) is 42.2 Å². The summed E-state index contributed by atoms with van der Waals surface area (Å²) < 4.78 is 22.9. The standard InChI is InChI=1S/C28H42O6/c1-20(2)15-23(16-21(3)4)13-14-24-25(29)34-28(33-24,19-32-26(30)27(5,6)7)18-31-17-22-11-9-8-10-12-22/h8-12,14,20-21,23H,13,15-19H2,1-7H3/b24-14+. The Morgan fingerprint density at radius 1 is 1.00 bits per heavy atom. The summed E-state index contributed by atoms with van der Waals surface area (Å²) >= 11 is 0. The predicted octanol–water partition coefficient (Wildman–Crippen LogP) is 6.04. The van der Waals surface area contributed by atoms with E-state index < -0.39 is 23.1 Å². The van der Waals surface area contributed by atoms with Crippen molar-refractivity contribution in [2.75, 3.05) is 13.2 Å². The molecule has 1 heterocycles. The van der Waals surface area contributed by atoms with Gasteiger partial charge in [-0.3, -0.25) is 4.79 Å². The molecule has 6 heteroatoms. The molecule has 0 aliphatic carbocycles. The number of hydrogen-bond donors (Lipinski definition) is 0. The fourth-order valence-electron chi connectivity index (χ4n) is 3.95. The molecule has 1 aliphatic rings. The zero-order valence-electron chi connectivity index (χ0n) is 21.9. The van der Waals surface area contributed by atoms with Crippen LogP contribution in [0.3, 0.4) is 0 Å². The molecule has 1 fully saturated rings. The lowest BCUT2D eigenvalue weighted by atomic mass is 9.87. The Labute approximate surface area is 205 Å². The van der Waals surface area contributed by atoms with Gasteiger partial charge in [-0.05, 0) is 69.4 Å². The van der Waals surface area contributed by atoms with Crippen LogP contribution in [0, 0.1) is 23.2 Å². The van der Waals surface area contributed by atoms with E-state index in [0.717, 1.165) is 24.8 Å². The molecule has 6 nitrogen and oxygen atoms in total. The van der Waals surface area contributed by atoms with Crippen LogP contribution in [0.5, 0.6) is 0 Å². The highest BCUT2D eigenvalue weighted by molar-refractivity contribution is 5.88. The second kappa shape index (κ2) is 12.4. The largest absolute Gasteiger partial charge is 0.457 e. The number of esters is 2. The van der Waals surface area contributed by atoms with Crippen molar-refractivity contribution in [2.45, 2.75) is 80.1 Å². The Hall–Kier alpha value is -2.34. The van der Waals surface area contributed by atoms with E-state index >= 15 is 0 Å². The molecule has 0 saturated carbocycles. The van der Waals surface area contributed by atoms with E-state index in [1.165, 1.54) is 0 Å². The highest BCUT2D eigenvalue weighted by Gasteiger charge is 2.48. The molecule has 0 N–H and O–H groups in total. The van der Waals surface area contributed by atoms with Gasteiger partial charge in [-0.1, -0.05) is 58.0 Å². The second-order valence-electron chi connectivity index (χ2n) is 11.1. The summed E-state index contributed by atoms with van der Waals surface area (Å²) in [4.78, 5) is 25.1. The maximum Gasteiger partial charge on any atom is 0.376 e. The lowest BCUT2D eigenvalue weighted by molar-refractivity contribution is -0.221. The molecule has 0 aromatic heterocycles. The molecule has 1 unspecified atom stereocenters. The quantitative estimate of drug-likeness (QED) is 0.271. The van der Waals surface area contributed by atoms with E-state index in [1.807, 2.05) is 36.4 Å². The fourth-order valence-corrected chi connectivity index (χ4v) is 3.95. The van der Waals surface area contributed by atoms with Gasteiger partial charge in [0.2, 0.25) is 5.76 Å². The summed E-state index contributed by atoms with van der Waals surface area (Å²) in [6.45, 7) is 14.2. The Morgan fingerprint density at radius 2 is 1.62 bits per heavy atom. The normalized spacial score (nSPS) is 19.7. The lowest BCUT2D eigenvalue weighted by Crippen LogP contribution is -2.43. The first kappa shape index (κ1) is 27.9. The van der Waals surface area contributed by atoms with E-state index in [2.05, 4.69) is 27.7 Å². The van der Waals surface area contributed by atoms with Gasteiger partial charge in [0.15, 0.2) is 6.61 Å². The molecule has 190 valence electrons. The van der Waals surface area contributed by atoms with Crippen molar-refractivity contribution in [1.29, 1.82) is 0 Å². The number of carbonyl (C=O) groups excluding carboxylic acids is 2. The first-order valence-corrected chi connectivity index (χ1v) is 12.3. The average Bonchev–Trinajstić information content (AvgIpc) is 3.05. The Morgan fingerprint density at radius 3 is 2.18 bits per heavy atom. The number of cyclic esters (lactones) is 1. The SMILES string of the molecule is CC(C)CC(C/C=C1/OC(COCc2ccccc2)(COC(=O)C(C)(C)C)OC1=O)CC(C)C. The van der Waals surface area contributed by atoms with Gasteiger partial charge >= 0.3 is 17.7 Å². The highest BCUT2D eigenvalue weighted by Crippen LogP contribution is 2.32. The fraction of sp³-hybridized carbons (Fsp3) is 0.643. The molecular weight excluding hydrogens is 432 g/mol. The van der Waals surface area contributed by atoms with Gasteiger partial charge in [-0.2, -0.15) is 0 Å². The molecule has 1 atom stereocenters. The maximum absolute atomic E-state index is 12.7. The van der Waals surface area contributed by atoms with Crippen molar-refractivity contribution in [1.82, 2.24) is 0 Å². The zero-order valence-corrected chi connectivity index (χ0v) is 21.9. The van der Waals surface area contributed by atoms with Crippen LogP contribution in [0.1, 0.15) is 73.3 Å². The third-order valence-electron chi connectivity index (χ3n) is 5.49. The average molecular weight is 475 g/mol. The topological polar surface area (TPSA) is 71.1 Å². The van der Waals surface area contributed by atoms with Gasteiger partial charge in [0.05, 0.1) is 12.0 Å². The summed E-state index contributed by atoms with van der Waals surface area (Å²) in [6, 6.07) is 9.68. The number of allylic oxidation sites excluding steroid dienone is 1. The van der Waals surface area contributed by atoms with E-state index in [-0.39, 0.29) is 19.0 Å². The van der Waals surface area contributed by atoms with Crippen molar-refractivity contribution >= 4 is 11.9 Å². The molecule has 0 radical (unpaired) electrons. The Kier molecular flexibility index (Phi) is 10.2. The van der Waals surface area contributed by atoms with Gasteiger partial charge in [0, 0.05) is 0 Å². The molecular formula is C28H42O6. The van der Waals surface area contributed by atoms with Gasteiger partial charge in [0.25, 0.3) is 0 Å². The van der Waals surface area contributed by atoms with Crippen molar-refractivity contribution in [3.05, 3.63) is 47.7 Å². The molecule has 1 aromatic rings. The molecule has 1 saturated heterocycles. The first-order chi connectivity index (χ1) is 15.9. The van der Waals surface area contributed by atoms with Crippen molar-refractivity contribution in [2.24, 2.45) is 23.2 Å².